The second kappa shape index (κ2) is 10.7. The number of hydrogen-bond donors (Lipinski definition) is 1. The molecule has 27 heavy (non-hydrogen) atoms. The van der Waals surface area contributed by atoms with Crippen LogP contribution in [0.2, 0.25) is 0 Å². The van der Waals surface area contributed by atoms with E-state index in [4.69, 9.17) is 4.74 Å². The number of nitrogens with one attached hydrogen (secondary N) is 1. The predicted molar refractivity (Wildman–Crippen MR) is 104 cm³/mol. The van der Waals surface area contributed by atoms with Crippen molar-refractivity contribution in [3.05, 3.63) is 35.0 Å². The number of esters is 1. The van der Waals surface area contributed by atoms with Crippen LogP contribution in [0.5, 0.6) is 0 Å². The summed E-state index contributed by atoms with van der Waals surface area (Å²) >= 11 is 1.17. The maximum Gasteiger partial charge on any atom is 0.356 e. The Hall–Kier alpha value is -2.33. The monoisotopic (exact) mass is 387 g/mol. The third-order valence-electron chi connectivity index (χ3n) is 4.25. The van der Waals surface area contributed by atoms with Crippen LogP contribution in [-0.4, -0.2) is 35.3 Å². The summed E-state index contributed by atoms with van der Waals surface area (Å²) in [5.74, 6) is -0.648. The van der Waals surface area contributed by atoms with Gasteiger partial charge in [-0.05, 0) is 58.1 Å². The van der Waals surface area contributed by atoms with Gasteiger partial charge in [-0.3, -0.25) is 4.79 Å². The SMILES string of the molecule is CCOC(=O)c1ccc(C#N)c(SC(C)C(=O)NCCC2=CCCCC2)n1. The van der Waals surface area contributed by atoms with E-state index < -0.39 is 11.2 Å². The van der Waals surface area contributed by atoms with Crippen LogP contribution < -0.4 is 5.32 Å². The molecule has 0 radical (unpaired) electrons. The average Bonchev–Trinajstić information content (AvgIpc) is 2.68. The second-order valence-electron chi connectivity index (χ2n) is 6.29. The molecule has 1 aromatic heterocycles. The molecule has 7 heteroatoms. The number of ether oxygens (including phenoxy) is 1. The standard InChI is InChI=1S/C20H25N3O3S/c1-3-26-20(25)17-10-9-16(13-21)19(23-17)27-14(2)18(24)22-12-11-15-7-5-4-6-8-15/h7,9-10,14H,3-6,8,11-12H2,1-2H3,(H,22,24). The van der Waals surface area contributed by atoms with Crippen LogP contribution in [0.4, 0.5) is 0 Å². The van der Waals surface area contributed by atoms with Gasteiger partial charge in [0, 0.05) is 6.54 Å². The molecule has 1 aromatic rings. The first kappa shape index (κ1) is 21.0. The molecule has 1 atom stereocenters. The fourth-order valence-corrected chi connectivity index (χ4v) is 3.69. The van der Waals surface area contributed by atoms with Crippen molar-refractivity contribution in [1.82, 2.24) is 10.3 Å². The molecule has 1 N–H and O–H groups in total. The maximum absolute atomic E-state index is 12.4. The van der Waals surface area contributed by atoms with Gasteiger partial charge >= 0.3 is 5.97 Å². The van der Waals surface area contributed by atoms with E-state index in [1.54, 1.807) is 13.8 Å². The lowest BCUT2D eigenvalue weighted by atomic mass is 9.97. The zero-order valence-corrected chi connectivity index (χ0v) is 16.6. The van der Waals surface area contributed by atoms with Gasteiger partial charge in [0.05, 0.1) is 17.4 Å². The van der Waals surface area contributed by atoms with Gasteiger partial charge in [-0.15, -0.1) is 0 Å². The molecular formula is C20H25N3O3S. The molecule has 1 amide bonds. The Balaban J connectivity index is 1.94. The van der Waals surface area contributed by atoms with Gasteiger partial charge < -0.3 is 10.1 Å². The lowest BCUT2D eigenvalue weighted by Gasteiger charge is -2.15. The number of rotatable bonds is 8. The van der Waals surface area contributed by atoms with Crippen molar-refractivity contribution in [3.63, 3.8) is 0 Å². The van der Waals surface area contributed by atoms with E-state index in [1.165, 1.54) is 42.3 Å². The maximum atomic E-state index is 12.4. The van der Waals surface area contributed by atoms with Crippen molar-refractivity contribution in [3.8, 4) is 6.07 Å². The Labute approximate surface area is 164 Å². The Morgan fingerprint density at radius 1 is 1.41 bits per heavy atom. The lowest BCUT2D eigenvalue weighted by Crippen LogP contribution is -2.32. The van der Waals surface area contributed by atoms with Crippen molar-refractivity contribution in [2.75, 3.05) is 13.2 Å². The van der Waals surface area contributed by atoms with Crippen molar-refractivity contribution in [2.24, 2.45) is 0 Å². The van der Waals surface area contributed by atoms with E-state index in [9.17, 15) is 14.9 Å². The summed E-state index contributed by atoms with van der Waals surface area (Å²) in [7, 11) is 0. The van der Waals surface area contributed by atoms with Gasteiger partial charge in [-0.1, -0.05) is 23.4 Å². The van der Waals surface area contributed by atoms with Crippen molar-refractivity contribution < 1.29 is 14.3 Å². The summed E-state index contributed by atoms with van der Waals surface area (Å²) in [5.41, 5.74) is 1.88. The molecule has 0 aromatic carbocycles. The number of carbonyl (C=O) groups is 2. The fraction of sp³-hybridized carbons (Fsp3) is 0.500. The van der Waals surface area contributed by atoms with Crippen LogP contribution in [0, 0.1) is 11.3 Å². The molecule has 1 aliphatic carbocycles. The molecule has 144 valence electrons. The molecule has 0 spiro atoms. The third-order valence-corrected chi connectivity index (χ3v) is 5.36. The van der Waals surface area contributed by atoms with Crippen LogP contribution in [0.1, 0.15) is 62.0 Å². The number of aromatic nitrogens is 1. The zero-order chi connectivity index (χ0) is 19.6. The number of carbonyl (C=O) groups excluding carboxylic acids is 2. The number of thioether (sulfide) groups is 1. The van der Waals surface area contributed by atoms with Crippen molar-refractivity contribution >= 4 is 23.6 Å². The summed E-state index contributed by atoms with van der Waals surface area (Å²) in [6.07, 6.45) is 7.89. The van der Waals surface area contributed by atoms with Crippen LogP contribution in [0.25, 0.3) is 0 Å². The van der Waals surface area contributed by atoms with E-state index in [-0.39, 0.29) is 18.2 Å². The van der Waals surface area contributed by atoms with Crippen LogP contribution >= 0.6 is 11.8 Å². The largest absolute Gasteiger partial charge is 0.461 e. The summed E-state index contributed by atoms with van der Waals surface area (Å²) in [6, 6.07) is 5.04. The van der Waals surface area contributed by atoms with Gasteiger partial charge in [-0.2, -0.15) is 5.26 Å². The molecule has 0 fully saturated rings. The Kier molecular flexibility index (Phi) is 8.34. The molecule has 0 saturated carbocycles. The minimum absolute atomic E-state index is 0.108. The van der Waals surface area contributed by atoms with E-state index in [0.717, 1.165) is 19.3 Å². The molecule has 1 unspecified atom stereocenters. The van der Waals surface area contributed by atoms with Gasteiger partial charge in [-0.25, -0.2) is 9.78 Å². The minimum atomic E-state index is -0.540. The van der Waals surface area contributed by atoms with Gasteiger partial charge in [0.15, 0.2) is 0 Å². The van der Waals surface area contributed by atoms with Crippen molar-refractivity contribution in [2.45, 2.75) is 56.2 Å². The highest BCUT2D eigenvalue weighted by molar-refractivity contribution is 8.00. The topological polar surface area (TPSA) is 92.1 Å². The highest BCUT2D eigenvalue weighted by Crippen LogP contribution is 2.25. The first-order valence-corrected chi connectivity index (χ1v) is 10.1. The summed E-state index contributed by atoms with van der Waals surface area (Å²) < 4.78 is 4.94. The average molecular weight is 388 g/mol. The minimum Gasteiger partial charge on any atom is -0.461 e. The zero-order valence-electron chi connectivity index (χ0n) is 15.8. The van der Waals surface area contributed by atoms with E-state index in [2.05, 4.69) is 16.4 Å². The molecular weight excluding hydrogens is 362 g/mol. The molecule has 0 aliphatic heterocycles. The number of hydrogen-bond acceptors (Lipinski definition) is 6. The summed E-state index contributed by atoms with van der Waals surface area (Å²) in [6.45, 7) is 4.34. The van der Waals surface area contributed by atoms with Gasteiger partial charge in [0.2, 0.25) is 5.91 Å². The van der Waals surface area contributed by atoms with E-state index >= 15 is 0 Å². The highest BCUT2D eigenvalue weighted by atomic mass is 32.2. The second-order valence-corrected chi connectivity index (χ2v) is 7.62. The third kappa shape index (κ3) is 6.40. The van der Waals surface area contributed by atoms with Crippen LogP contribution in [0.3, 0.4) is 0 Å². The molecule has 2 rings (SSSR count). The van der Waals surface area contributed by atoms with Crippen LogP contribution in [-0.2, 0) is 9.53 Å². The Bertz CT molecular complexity index is 755. The normalized spacial score (nSPS) is 14.6. The Morgan fingerprint density at radius 3 is 2.89 bits per heavy atom. The number of nitriles is 1. The predicted octanol–water partition coefficient (Wildman–Crippen LogP) is 3.62. The van der Waals surface area contributed by atoms with E-state index in [1.807, 2.05) is 6.07 Å². The molecule has 1 heterocycles. The number of allylic oxidation sites excluding steroid dienone is 1. The molecule has 1 aliphatic rings. The molecule has 6 nitrogen and oxygen atoms in total. The quantitative estimate of drug-likeness (QED) is 0.416. The van der Waals surface area contributed by atoms with Crippen LogP contribution in [0.15, 0.2) is 28.8 Å². The smallest absolute Gasteiger partial charge is 0.356 e. The first-order valence-electron chi connectivity index (χ1n) is 9.25. The number of amides is 1. The lowest BCUT2D eigenvalue weighted by molar-refractivity contribution is -0.120. The van der Waals surface area contributed by atoms with Gasteiger partial charge in [0.1, 0.15) is 16.8 Å². The summed E-state index contributed by atoms with van der Waals surface area (Å²) in [5, 5.41) is 12.1. The number of pyridine rings is 1. The van der Waals surface area contributed by atoms with Crippen molar-refractivity contribution in [1.29, 1.82) is 5.26 Å². The first-order chi connectivity index (χ1) is 13.0. The van der Waals surface area contributed by atoms with E-state index in [0.29, 0.717) is 17.1 Å². The Morgan fingerprint density at radius 2 is 2.22 bits per heavy atom. The molecule has 0 bridgehead atoms. The summed E-state index contributed by atoms with van der Waals surface area (Å²) in [4.78, 5) is 28.4. The molecule has 0 saturated heterocycles. The fourth-order valence-electron chi connectivity index (χ4n) is 2.78. The van der Waals surface area contributed by atoms with Gasteiger partial charge in [0.25, 0.3) is 0 Å². The number of nitrogens with zero attached hydrogens (tertiary/aromatic N) is 2. The highest BCUT2D eigenvalue weighted by Gasteiger charge is 2.19.